The zero-order chi connectivity index (χ0) is 11.4. The summed E-state index contributed by atoms with van der Waals surface area (Å²) in [6.07, 6.45) is 2.57. The van der Waals surface area contributed by atoms with E-state index in [1.54, 1.807) is 0 Å². The van der Waals surface area contributed by atoms with Crippen LogP contribution in [0.15, 0.2) is 11.1 Å². The minimum atomic E-state index is -1.00. The summed E-state index contributed by atoms with van der Waals surface area (Å²) in [5.74, 6) is 0.0238. The van der Waals surface area contributed by atoms with Crippen molar-refractivity contribution in [2.45, 2.75) is 25.3 Å². The van der Waals surface area contributed by atoms with Gasteiger partial charge in [0.1, 0.15) is 10.9 Å². The molecule has 0 spiro atoms. The van der Waals surface area contributed by atoms with E-state index in [0.29, 0.717) is 23.2 Å². The molecule has 0 aliphatic heterocycles. The summed E-state index contributed by atoms with van der Waals surface area (Å²) in [5.41, 5.74) is 0.0741. The molecular formula is C10H14N2O2S. The van der Waals surface area contributed by atoms with Gasteiger partial charge in [-0.3, -0.25) is 0 Å². The molecule has 0 aliphatic rings. The summed E-state index contributed by atoms with van der Waals surface area (Å²) in [4.78, 5) is 19.1. The van der Waals surface area contributed by atoms with E-state index in [1.165, 1.54) is 17.8 Å². The van der Waals surface area contributed by atoms with Crippen LogP contribution in [0.2, 0.25) is 0 Å². The highest BCUT2D eigenvalue weighted by atomic mass is 32.2. The van der Waals surface area contributed by atoms with Crippen LogP contribution in [0.25, 0.3) is 0 Å². The number of nitrogens with zero attached hydrogens (tertiary/aromatic N) is 2. The van der Waals surface area contributed by atoms with Gasteiger partial charge in [-0.25, -0.2) is 14.8 Å². The van der Waals surface area contributed by atoms with Crippen molar-refractivity contribution in [2.24, 2.45) is 5.92 Å². The van der Waals surface area contributed by atoms with Gasteiger partial charge in [0.2, 0.25) is 0 Å². The lowest BCUT2D eigenvalue weighted by Crippen LogP contribution is -2.08. The molecule has 82 valence electrons. The topological polar surface area (TPSA) is 63.1 Å². The third-order valence-electron chi connectivity index (χ3n) is 1.77. The molecule has 0 radical (unpaired) electrons. The van der Waals surface area contributed by atoms with Crippen LogP contribution in [0.4, 0.5) is 0 Å². The fraction of sp³-hybridized carbons (Fsp3) is 0.500. The van der Waals surface area contributed by atoms with Gasteiger partial charge in [0, 0.05) is 12.5 Å². The monoisotopic (exact) mass is 226 g/mol. The Kier molecular flexibility index (Phi) is 4.08. The highest BCUT2D eigenvalue weighted by Gasteiger charge is 2.10. The normalized spacial score (nSPS) is 10.7. The molecule has 0 amide bonds. The average Bonchev–Trinajstić information content (AvgIpc) is 2.16. The number of hydrogen-bond acceptors (Lipinski definition) is 4. The third-order valence-corrected chi connectivity index (χ3v) is 2.40. The van der Waals surface area contributed by atoms with Crippen molar-refractivity contribution in [3.05, 3.63) is 17.6 Å². The molecule has 0 saturated heterocycles. The molecule has 0 atom stereocenters. The molecule has 1 rings (SSSR count). The van der Waals surface area contributed by atoms with Gasteiger partial charge in [0.25, 0.3) is 0 Å². The van der Waals surface area contributed by atoms with Gasteiger partial charge >= 0.3 is 5.97 Å². The number of rotatable bonds is 4. The third kappa shape index (κ3) is 3.51. The molecule has 1 heterocycles. The number of thioether (sulfide) groups is 1. The van der Waals surface area contributed by atoms with Crippen LogP contribution in [-0.2, 0) is 6.42 Å². The van der Waals surface area contributed by atoms with E-state index in [9.17, 15) is 4.79 Å². The standard InChI is InChI=1S/C10H14N2O2S/c1-6(2)4-8-11-7(10(13)14)5-9(12-8)15-3/h5-6H,4H2,1-3H3,(H,13,14). The van der Waals surface area contributed by atoms with E-state index in [2.05, 4.69) is 23.8 Å². The Labute approximate surface area is 93.1 Å². The van der Waals surface area contributed by atoms with Gasteiger partial charge in [-0.2, -0.15) is 0 Å². The number of carboxylic acids is 1. The Bertz CT molecular complexity index is 366. The van der Waals surface area contributed by atoms with Gasteiger partial charge in [-0.15, -0.1) is 11.8 Å². The molecule has 0 bridgehead atoms. The van der Waals surface area contributed by atoms with Crippen molar-refractivity contribution >= 4 is 17.7 Å². The molecule has 1 aromatic heterocycles. The van der Waals surface area contributed by atoms with E-state index in [0.717, 1.165) is 0 Å². The highest BCUT2D eigenvalue weighted by molar-refractivity contribution is 7.98. The number of carbonyl (C=O) groups is 1. The SMILES string of the molecule is CSc1cc(C(=O)O)nc(CC(C)C)n1. The number of aromatic nitrogens is 2. The van der Waals surface area contributed by atoms with Crippen LogP contribution in [0, 0.1) is 5.92 Å². The minimum Gasteiger partial charge on any atom is -0.477 e. The van der Waals surface area contributed by atoms with E-state index < -0.39 is 5.97 Å². The maximum Gasteiger partial charge on any atom is 0.354 e. The fourth-order valence-corrected chi connectivity index (χ4v) is 1.57. The second-order valence-corrected chi connectivity index (χ2v) is 4.44. The molecule has 0 saturated carbocycles. The zero-order valence-electron chi connectivity index (χ0n) is 9.02. The van der Waals surface area contributed by atoms with Crippen LogP contribution in [-0.4, -0.2) is 27.3 Å². The van der Waals surface area contributed by atoms with Gasteiger partial charge in [0.05, 0.1) is 0 Å². The van der Waals surface area contributed by atoms with E-state index in [-0.39, 0.29) is 5.69 Å². The minimum absolute atomic E-state index is 0.0741. The lowest BCUT2D eigenvalue weighted by Gasteiger charge is -2.06. The Morgan fingerprint density at radius 2 is 2.20 bits per heavy atom. The second-order valence-electron chi connectivity index (χ2n) is 3.61. The summed E-state index contributed by atoms with van der Waals surface area (Å²) in [7, 11) is 0. The Hall–Kier alpha value is -1.10. The van der Waals surface area contributed by atoms with Gasteiger partial charge in [0.15, 0.2) is 5.69 Å². The molecule has 0 aromatic carbocycles. The van der Waals surface area contributed by atoms with Crippen LogP contribution >= 0.6 is 11.8 Å². The van der Waals surface area contributed by atoms with E-state index in [4.69, 9.17) is 5.11 Å². The summed E-state index contributed by atoms with van der Waals surface area (Å²) in [6, 6.07) is 1.50. The number of hydrogen-bond donors (Lipinski definition) is 1. The molecule has 1 N–H and O–H groups in total. The maximum absolute atomic E-state index is 10.8. The van der Waals surface area contributed by atoms with Crippen LogP contribution in [0.1, 0.15) is 30.2 Å². The first-order valence-corrected chi connectivity index (χ1v) is 5.90. The van der Waals surface area contributed by atoms with Gasteiger partial charge in [-0.1, -0.05) is 13.8 Å². The van der Waals surface area contributed by atoms with Crippen molar-refractivity contribution < 1.29 is 9.90 Å². The Morgan fingerprint density at radius 1 is 1.53 bits per heavy atom. The molecule has 1 aromatic rings. The molecule has 0 unspecified atom stereocenters. The predicted octanol–water partition coefficient (Wildman–Crippen LogP) is 2.10. The number of aromatic carboxylic acids is 1. The lowest BCUT2D eigenvalue weighted by atomic mass is 10.1. The lowest BCUT2D eigenvalue weighted by molar-refractivity contribution is 0.0689. The van der Waals surface area contributed by atoms with Gasteiger partial charge in [-0.05, 0) is 12.2 Å². The fourth-order valence-electron chi connectivity index (χ4n) is 1.14. The quantitative estimate of drug-likeness (QED) is 0.629. The first kappa shape index (κ1) is 12.0. The zero-order valence-corrected chi connectivity index (χ0v) is 9.84. The van der Waals surface area contributed by atoms with Crippen LogP contribution in [0.3, 0.4) is 0 Å². The molecule has 4 nitrogen and oxygen atoms in total. The van der Waals surface area contributed by atoms with Crippen LogP contribution in [0.5, 0.6) is 0 Å². The summed E-state index contributed by atoms with van der Waals surface area (Å²) in [5, 5.41) is 9.57. The molecule has 0 fully saturated rings. The summed E-state index contributed by atoms with van der Waals surface area (Å²) < 4.78 is 0. The van der Waals surface area contributed by atoms with E-state index >= 15 is 0 Å². The van der Waals surface area contributed by atoms with Crippen molar-refractivity contribution in [3.8, 4) is 0 Å². The largest absolute Gasteiger partial charge is 0.477 e. The molecular weight excluding hydrogens is 212 g/mol. The second kappa shape index (κ2) is 5.11. The smallest absolute Gasteiger partial charge is 0.354 e. The average molecular weight is 226 g/mol. The first-order chi connectivity index (χ1) is 7.02. The maximum atomic E-state index is 10.8. The van der Waals surface area contributed by atoms with Gasteiger partial charge < -0.3 is 5.11 Å². The molecule has 0 aliphatic carbocycles. The first-order valence-electron chi connectivity index (χ1n) is 4.68. The van der Waals surface area contributed by atoms with Crippen molar-refractivity contribution in [1.29, 1.82) is 0 Å². The molecule has 5 heteroatoms. The summed E-state index contributed by atoms with van der Waals surface area (Å²) >= 11 is 1.43. The van der Waals surface area contributed by atoms with Crippen molar-refractivity contribution in [1.82, 2.24) is 9.97 Å². The predicted molar refractivity (Wildman–Crippen MR) is 59.3 cm³/mol. The van der Waals surface area contributed by atoms with E-state index in [1.807, 2.05) is 6.26 Å². The van der Waals surface area contributed by atoms with Crippen molar-refractivity contribution in [2.75, 3.05) is 6.26 Å². The molecule has 15 heavy (non-hydrogen) atoms. The van der Waals surface area contributed by atoms with Crippen molar-refractivity contribution in [3.63, 3.8) is 0 Å². The Morgan fingerprint density at radius 3 is 2.67 bits per heavy atom. The Balaban J connectivity index is 3.05. The van der Waals surface area contributed by atoms with Crippen LogP contribution < -0.4 is 0 Å². The highest BCUT2D eigenvalue weighted by Crippen LogP contribution is 2.14. The summed E-state index contributed by atoms with van der Waals surface area (Å²) in [6.45, 7) is 4.10. The number of carboxylic acid groups (broad SMARTS) is 1.